The topological polar surface area (TPSA) is 89.0 Å². The summed E-state index contributed by atoms with van der Waals surface area (Å²) in [7, 11) is 1.75. The van der Waals surface area contributed by atoms with Crippen LogP contribution in [0.3, 0.4) is 0 Å². The molecule has 41 heavy (non-hydrogen) atoms. The highest BCUT2D eigenvalue weighted by Crippen LogP contribution is 2.39. The molecular formula is C30H27F4N5O2. The minimum atomic E-state index is -4.66. The number of aryl methyl sites for hydroxylation is 1. The van der Waals surface area contributed by atoms with Gasteiger partial charge in [0.05, 0.1) is 5.60 Å². The standard InChI is InChI=1S/C30H27F4N5O2/c1-39-17-36-38-27(39)23-14-21(31)7-8-22(23)19-5-4-6-20(13-19)28-37-25-12-18(11-24(26(25)41-28)30(32,33)34)15-35-16-29(40)9-2-3-10-29/h4-8,11-14,17,35,40H,2-3,9-10,15-16H2,1H3. The summed E-state index contributed by atoms with van der Waals surface area (Å²) in [6, 6.07) is 13.9. The van der Waals surface area contributed by atoms with E-state index in [9.17, 15) is 22.7 Å². The number of rotatable bonds is 7. The average Bonchev–Trinajstić information content (AvgIpc) is 3.67. The van der Waals surface area contributed by atoms with Gasteiger partial charge < -0.3 is 19.4 Å². The van der Waals surface area contributed by atoms with E-state index < -0.39 is 23.2 Å². The molecule has 0 saturated heterocycles. The van der Waals surface area contributed by atoms with Gasteiger partial charge >= 0.3 is 6.18 Å². The Morgan fingerprint density at radius 1 is 1.02 bits per heavy atom. The van der Waals surface area contributed by atoms with Crippen molar-refractivity contribution in [2.45, 2.75) is 44.0 Å². The number of nitrogens with zero attached hydrogens (tertiary/aromatic N) is 4. The molecule has 3 aromatic carbocycles. The molecule has 2 N–H and O–H groups in total. The van der Waals surface area contributed by atoms with Crippen LogP contribution in [0.15, 0.2) is 65.3 Å². The van der Waals surface area contributed by atoms with Gasteiger partial charge in [0.2, 0.25) is 5.89 Å². The van der Waals surface area contributed by atoms with Crippen LogP contribution in [-0.4, -0.2) is 37.0 Å². The predicted molar refractivity (Wildman–Crippen MR) is 145 cm³/mol. The van der Waals surface area contributed by atoms with Crippen LogP contribution in [-0.2, 0) is 19.8 Å². The molecule has 7 nitrogen and oxygen atoms in total. The first-order valence-electron chi connectivity index (χ1n) is 13.3. The molecule has 0 amide bonds. The first kappa shape index (κ1) is 27.1. The van der Waals surface area contributed by atoms with Crippen LogP contribution in [0.2, 0.25) is 0 Å². The molecule has 1 aliphatic rings. The SMILES string of the molecule is Cn1cnnc1-c1cc(F)ccc1-c1cccc(-c2nc3cc(CNCC4(O)CCCC4)cc(C(F)(F)F)c3o2)c1. The van der Waals surface area contributed by atoms with Crippen LogP contribution in [0.1, 0.15) is 36.8 Å². The number of halogens is 4. The van der Waals surface area contributed by atoms with E-state index in [0.717, 1.165) is 18.9 Å². The Hall–Kier alpha value is -4.09. The summed E-state index contributed by atoms with van der Waals surface area (Å²) >= 11 is 0. The number of aromatic nitrogens is 4. The lowest BCUT2D eigenvalue weighted by atomic mass is 9.97. The van der Waals surface area contributed by atoms with Gasteiger partial charge in [-0.1, -0.05) is 31.0 Å². The summed E-state index contributed by atoms with van der Waals surface area (Å²) in [5, 5.41) is 21.6. The van der Waals surface area contributed by atoms with Crippen molar-refractivity contribution >= 4 is 11.1 Å². The number of benzene rings is 3. The molecule has 212 valence electrons. The van der Waals surface area contributed by atoms with Gasteiger partial charge in [-0.05, 0) is 65.9 Å². The number of alkyl halides is 3. The third kappa shape index (κ3) is 5.47. The molecule has 0 spiro atoms. The zero-order valence-electron chi connectivity index (χ0n) is 22.2. The maximum Gasteiger partial charge on any atom is 0.420 e. The predicted octanol–water partition coefficient (Wildman–Crippen LogP) is 6.51. The normalized spacial score (nSPS) is 15.2. The summed E-state index contributed by atoms with van der Waals surface area (Å²) < 4.78 is 63.8. The van der Waals surface area contributed by atoms with E-state index in [1.807, 2.05) is 6.07 Å². The fourth-order valence-corrected chi connectivity index (χ4v) is 5.48. The van der Waals surface area contributed by atoms with Crippen molar-refractivity contribution < 1.29 is 27.1 Å². The Bertz CT molecular complexity index is 1720. The second-order valence-electron chi connectivity index (χ2n) is 10.6. The monoisotopic (exact) mass is 565 g/mol. The fraction of sp³-hybridized carbons (Fsp3) is 0.300. The van der Waals surface area contributed by atoms with E-state index in [0.29, 0.717) is 53.0 Å². The van der Waals surface area contributed by atoms with E-state index in [1.54, 1.807) is 41.9 Å². The molecule has 5 aromatic rings. The lowest BCUT2D eigenvalue weighted by Crippen LogP contribution is -2.37. The van der Waals surface area contributed by atoms with Gasteiger partial charge in [-0.15, -0.1) is 10.2 Å². The van der Waals surface area contributed by atoms with Gasteiger partial charge in [-0.3, -0.25) is 0 Å². The lowest BCUT2D eigenvalue weighted by molar-refractivity contribution is -0.136. The largest absolute Gasteiger partial charge is 0.435 e. The van der Waals surface area contributed by atoms with Crippen LogP contribution in [0.25, 0.3) is 45.1 Å². The minimum absolute atomic E-state index is 0.0278. The van der Waals surface area contributed by atoms with Gasteiger partial charge in [0.25, 0.3) is 0 Å². The van der Waals surface area contributed by atoms with Gasteiger partial charge in [0.15, 0.2) is 11.4 Å². The van der Waals surface area contributed by atoms with Crippen LogP contribution >= 0.6 is 0 Å². The highest BCUT2D eigenvalue weighted by molar-refractivity contribution is 5.84. The summed E-state index contributed by atoms with van der Waals surface area (Å²) in [5.74, 6) is 0.0482. The van der Waals surface area contributed by atoms with E-state index in [2.05, 4.69) is 20.5 Å². The zero-order chi connectivity index (χ0) is 28.8. The highest BCUT2D eigenvalue weighted by Gasteiger charge is 2.36. The molecule has 1 fully saturated rings. The van der Waals surface area contributed by atoms with Crippen molar-refractivity contribution in [1.29, 1.82) is 0 Å². The zero-order valence-corrected chi connectivity index (χ0v) is 22.2. The van der Waals surface area contributed by atoms with Gasteiger partial charge in [0.1, 0.15) is 23.2 Å². The van der Waals surface area contributed by atoms with E-state index in [1.165, 1.54) is 18.5 Å². The minimum Gasteiger partial charge on any atom is -0.435 e. The molecule has 0 aliphatic heterocycles. The van der Waals surface area contributed by atoms with Gasteiger partial charge in [-0.2, -0.15) is 13.2 Å². The first-order valence-corrected chi connectivity index (χ1v) is 13.3. The quantitative estimate of drug-likeness (QED) is 0.219. The lowest BCUT2D eigenvalue weighted by Gasteiger charge is -2.22. The third-order valence-corrected chi connectivity index (χ3v) is 7.53. The number of aliphatic hydroxyl groups is 1. The molecule has 0 bridgehead atoms. The highest BCUT2D eigenvalue weighted by atomic mass is 19.4. The molecule has 0 radical (unpaired) electrons. The second kappa shape index (κ2) is 10.4. The van der Waals surface area contributed by atoms with E-state index in [-0.39, 0.29) is 23.5 Å². The first-order chi connectivity index (χ1) is 19.6. The molecule has 0 atom stereocenters. The molecule has 11 heteroatoms. The molecular weight excluding hydrogens is 538 g/mol. The van der Waals surface area contributed by atoms with Gasteiger partial charge in [-0.25, -0.2) is 9.37 Å². The second-order valence-corrected chi connectivity index (χ2v) is 10.6. The summed E-state index contributed by atoms with van der Waals surface area (Å²) in [5.41, 5.74) is 0.698. The number of nitrogens with one attached hydrogen (secondary N) is 1. The Morgan fingerprint density at radius 2 is 1.80 bits per heavy atom. The summed E-state index contributed by atoms with van der Waals surface area (Å²) in [4.78, 5) is 4.42. The van der Waals surface area contributed by atoms with Crippen LogP contribution in [0, 0.1) is 5.82 Å². The third-order valence-electron chi connectivity index (χ3n) is 7.53. The molecule has 1 saturated carbocycles. The molecule has 2 heterocycles. The van der Waals surface area contributed by atoms with Gasteiger partial charge in [0, 0.05) is 31.3 Å². The van der Waals surface area contributed by atoms with Crippen LogP contribution in [0.5, 0.6) is 0 Å². The average molecular weight is 566 g/mol. The Kier molecular flexibility index (Phi) is 6.87. The van der Waals surface area contributed by atoms with Crippen LogP contribution in [0.4, 0.5) is 17.6 Å². The number of hydrogen-bond acceptors (Lipinski definition) is 6. The maximum absolute atomic E-state index is 14.2. The smallest absolute Gasteiger partial charge is 0.420 e. The molecule has 0 unspecified atom stereocenters. The molecule has 1 aliphatic carbocycles. The Morgan fingerprint density at radius 3 is 2.54 bits per heavy atom. The van der Waals surface area contributed by atoms with Crippen molar-refractivity contribution in [3.63, 3.8) is 0 Å². The number of fused-ring (bicyclic) bond motifs is 1. The number of oxazole rings is 1. The number of hydrogen-bond donors (Lipinski definition) is 2. The van der Waals surface area contributed by atoms with E-state index in [4.69, 9.17) is 4.42 Å². The fourth-order valence-electron chi connectivity index (χ4n) is 5.48. The van der Waals surface area contributed by atoms with Crippen molar-refractivity contribution in [2.75, 3.05) is 6.54 Å². The van der Waals surface area contributed by atoms with Crippen LogP contribution < -0.4 is 5.32 Å². The van der Waals surface area contributed by atoms with Crippen molar-refractivity contribution in [1.82, 2.24) is 25.1 Å². The van der Waals surface area contributed by atoms with Crippen molar-refractivity contribution in [3.05, 3.63) is 77.9 Å². The molecule has 6 rings (SSSR count). The summed E-state index contributed by atoms with van der Waals surface area (Å²) in [6.07, 6.45) is 0.0854. The Balaban J connectivity index is 1.36. The van der Waals surface area contributed by atoms with Crippen molar-refractivity contribution in [3.8, 4) is 34.0 Å². The maximum atomic E-state index is 14.2. The summed E-state index contributed by atoms with van der Waals surface area (Å²) in [6.45, 7) is 0.456. The van der Waals surface area contributed by atoms with E-state index >= 15 is 0 Å². The molecule has 2 aromatic heterocycles. The Labute approximate surface area is 232 Å². The van der Waals surface area contributed by atoms with Crippen molar-refractivity contribution in [2.24, 2.45) is 7.05 Å².